The van der Waals surface area contributed by atoms with Crippen LogP contribution in [0.25, 0.3) is 0 Å². The van der Waals surface area contributed by atoms with Crippen LogP contribution in [0.5, 0.6) is 11.5 Å². The van der Waals surface area contributed by atoms with Crippen LogP contribution in [0, 0.1) is 11.6 Å². The van der Waals surface area contributed by atoms with E-state index in [4.69, 9.17) is 0 Å². The molecule has 0 fully saturated rings. The van der Waals surface area contributed by atoms with E-state index in [1.165, 1.54) is 51.4 Å². The van der Waals surface area contributed by atoms with Crippen molar-refractivity contribution in [1.82, 2.24) is 0 Å². The summed E-state index contributed by atoms with van der Waals surface area (Å²) < 4.78 is 28.4. The van der Waals surface area contributed by atoms with Crippen molar-refractivity contribution in [3.05, 3.63) is 22.8 Å². The van der Waals surface area contributed by atoms with E-state index in [2.05, 4.69) is 13.8 Å². The van der Waals surface area contributed by atoms with Gasteiger partial charge in [-0.15, -0.1) is 0 Å². The van der Waals surface area contributed by atoms with Crippen LogP contribution >= 0.6 is 0 Å². The number of rotatable bonds is 16. The maximum absolute atomic E-state index is 14.4. The van der Waals surface area contributed by atoms with Gasteiger partial charge in [0.2, 0.25) is 5.82 Å². The molecule has 0 heterocycles. The molecular weight excluding hydrogens is 358 g/mol. The van der Waals surface area contributed by atoms with Crippen LogP contribution in [0.1, 0.15) is 115 Å². The molecule has 2 N–H and O–H groups in total. The first-order valence-electron chi connectivity index (χ1n) is 11.4. The molecule has 0 atom stereocenters. The topological polar surface area (TPSA) is 40.5 Å². The second-order valence-electron chi connectivity index (χ2n) is 8.02. The molecular formula is C24H40F2O2. The van der Waals surface area contributed by atoms with Crippen LogP contribution in [0.3, 0.4) is 0 Å². The molecule has 0 spiro atoms. The standard InChI is InChI=1S/C24H40F2O2/c1-3-5-7-9-11-13-15-17-19-20(18-16-14-12-10-8-6-4-2)23(27)24(28)22(26)21(19)25/h27-28H,3-18H2,1-2H3. The Hall–Kier alpha value is -1.32. The quantitative estimate of drug-likeness (QED) is 0.219. The summed E-state index contributed by atoms with van der Waals surface area (Å²) in [7, 11) is 0. The second-order valence-corrected chi connectivity index (χ2v) is 8.02. The number of benzene rings is 1. The molecule has 1 aromatic rings. The number of hydrogen-bond donors (Lipinski definition) is 2. The molecule has 162 valence electrons. The molecule has 28 heavy (non-hydrogen) atoms. The van der Waals surface area contributed by atoms with Gasteiger partial charge in [0.25, 0.3) is 0 Å². The zero-order chi connectivity index (χ0) is 20.8. The maximum Gasteiger partial charge on any atom is 0.204 e. The van der Waals surface area contributed by atoms with Crippen molar-refractivity contribution in [2.75, 3.05) is 0 Å². The van der Waals surface area contributed by atoms with Crippen LogP contribution < -0.4 is 0 Å². The predicted octanol–water partition coefficient (Wildman–Crippen LogP) is 7.96. The van der Waals surface area contributed by atoms with Crippen molar-refractivity contribution in [3.63, 3.8) is 0 Å². The summed E-state index contributed by atoms with van der Waals surface area (Å²) >= 11 is 0. The van der Waals surface area contributed by atoms with Crippen LogP contribution in [-0.2, 0) is 12.8 Å². The molecule has 4 heteroatoms. The van der Waals surface area contributed by atoms with Gasteiger partial charge < -0.3 is 10.2 Å². The molecule has 0 amide bonds. The van der Waals surface area contributed by atoms with E-state index in [-0.39, 0.29) is 5.56 Å². The third-order valence-electron chi connectivity index (χ3n) is 5.60. The SMILES string of the molecule is CCCCCCCCCc1c(O)c(O)c(F)c(F)c1CCCCCCCCC. The molecule has 0 saturated carbocycles. The predicted molar refractivity (Wildman–Crippen MR) is 113 cm³/mol. The van der Waals surface area contributed by atoms with Gasteiger partial charge in [0, 0.05) is 5.56 Å². The minimum atomic E-state index is -1.32. The number of phenolic OH excluding ortho intramolecular Hbond substituents is 2. The van der Waals surface area contributed by atoms with Crippen molar-refractivity contribution >= 4 is 0 Å². The monoisotopic (exact) mass is 398 g/mol. The zero-order valence-electron chi connectivity index (χ0n) is 18.0. The third kappa shape index (κ3) is 8.36. The first-order chi connectivity index (χ1) is 13.5. The Labute approximate surface area is 170 Å². The molecule has 2 nitrogen and oxygen atoms in total. The van der Waals surface area contributed by atoms with Crippen molar-refractivity contribution < 1.29 is 19.0 Å². The average Bonchev–Trinajstić information content (AvgIpc) is 2.70. The van der Waals surface area contributed by atoms with E-state index in [9.17, 15) is 19.0 Å². The number of aromatic hydroxyl groups is 2. The van der Waals surface area contributed by atoms with Crippen molar-refractivity contribution in [3.8, 4) is 11.5 Å². The Kier molecular flexibility index (Phi) is 12.9. The number of phenols is 2. The van der Waals surface area contributed by atoms with Gasteiger partial charge in [-0.3, -0.25) is 0 Å². The van der Waals surface area contributed by atoms with E-state index < -0.39 is 23.1 Å². The van der Waals surface area contributed by atoms with Crippen molar-refractivity contribution in [2.45, 2.75) is 117 Å². The van der Waals surface area contributed by atoms with Gasteiger partial charge in [-0.05, 0) is 31.2 Å². The van der Waals surface area contributed by atoms with Crippen LogP contribution in [0.4, 0.5) is 8.78 Å². The van der Waals surface area contributed by atoms with Gasteiger partial charge in [0.05, 0.1) is 0 Å². The summed E-state index contributed by atoms with van der Waals surface area (Å²) in [6.45, 7) is 4.37. The maximum atomic E-state index is 14.4. The lowest BCUT2D eigenvalue weighted by Gasteiger charge is -2.15. The van der Waals surface area contributed by atoms with Crippen molar-refractivity contribution in [1.29, 1.82) is 0 Å². The van der Waals surface area contributed by atoms with E-state index in [0.717, 1.165) is 38.5 Å². The first-order valence-corrected chi connectivity index (χ1v) is 11.4. The smallest absolute Gasteiger partial charge is 0.204 e. The Morgan fingerprint density at radius 1 is 0.500 bits per heavy atom. The lowest BCUT2D eigenvalue weighted by Crippen LogP contribution is -2.04. The summed E-state index contributed by atoms with van der Waals surface area (Å²) in [5.41, 5.74) is 0.656. The summed E-state index contributed by atoms with van der Waals surface area (Å²) in [5.74, 6) is -3.72. The Morgan fingerprint density at radius 3 is 1.36 bits per heavy atom. The molecule has 0 aromatic heterocycles. The molecule has 0 aliphatic rings. The second kappa shape index (κ2) is 14.6. The molecule has 0 saturated heterocycles. The van der Waals surface area contributed by atoms with Gasteiger partial charge in [0.1, 0.15) is 0 Å². The summed E-state index contributed by atoms with van der Waals surface area (Å²) in [6.07, 6.45) is 16.4. The fourth-order valence-corrected chi connectivity index (χ4v) is 3.81. The molecule has 0 aliphatic carbocycles. The van der Waals surface area contributed by atoms with Gasteiger partial charge in [0.15, 0.2) is 17.3 Å². The van der Waals surface area contributed by atoms with Crippen molar-refractivity contribution in [2.24, 2.45) is 0 Å². The number of hydrogen-bond acceptors (Lipinski definition) is 2. The van der Waals surface area contributed by atoms with Gasteiger partial charge in [-0.2, -0.15) is 4.39 Å². The lowest BCUT2D eigenvalue weighted by molar-refractivity contribution is 0.356. The Balaban J connectivity index is 2.60. The van der Waals surface area contributed by atoms with Crippen LogP contribution in [0.15, 0.2) is 0 Å². The molecule has 0 unspecified atom stereocenters. The van der Waals surface area contributed by atoms with Gasteiger partial charge in [-0.1, -0.05) is 90.9 Å². The van der Waals surface area contributed by atoms with E-state index in [0.29, 0.717) is 18.4 Å². The van der Waals surface area contributed by atoms with E-state index >= 15 is 0 Å². The van der Waals surface area contributed by atoms with Crippen LogP contribution in [0.2, 0.25) is 0 Å². The third-order valence-corrected chi connectivity index (χ3v) is 5.60. The average molecular weight is 399 g/mol. The summed E-state index contributed by atoms with van der Waals surface area (Å²) in [4.78, 5) is 0. The minimum Gasteiger partial charge on any atom is -0.504 e. The summed E-state index contributed by atoms with van der Waals surface area (Å²) in [6, 6.07) is 0. The number of halogens is 2. The molecule has 0 radical (unpaired) electrons. The highest BCUT2D eigenvalue weighted by molar-refractivity contribution is 5.51. The molecule has 1 aromatic carbocycles. The lowest BCUT2D eigenvalue weighted by atomic mass is 9.94. The molecule has 1 rings (SSSR count). The highest BCUT2D eigenvalue weighted by atomic mass is 19.2. The van der Waals surface area contributed by atoms with E-state index in [1.54, 1.807) is 0 Å². The van der Waals surface area contributed by atoms with E-state index in [1.807, 2.05) is 0 Å². The molecule has 0 bridgehead atoms. The van der Waals surface area contributed by atoms with Gasteiger partial charge >= 0.3 is 0 Å². The highest BCUT2D eigenvalue weighted by Gasteiger charge is 2.23. The zero-order valence-corrected chi connectivity index (χ0v) is 18.0. The minimum absolute atomic E-state index is 0.257. The highest BCUT2D eigenvalue weighted by Crippen LogP contribution is 2.38. The first kappa shape index (κ1) is 24.7. The fraction of sp³-hybridized carbons (Fsp3) is 0.750. The largest absolute Gasteiger partial charge is 0.504 e. The van der Waals surface area contributed by atoms with Crippen LogP contribution in [-0.4, -0.2) is 10.2 Å². The van der Waals surface area contributed by atoms with Gasteiger partial charge in [-0.25, -0.2) is 4.39 Å². The fourth-order valence-electron chi connectivity index (χ4n) is 3.81. The Morgan fingerprint density at radius 2 is 0.893 bits per heavy atom. The molecule has 0 aliphatic heterocycles. The Bertz CT molecular complexity index is 509. The summed E-state index contributed by atoms with van der Waals surface area (Å²) in [5, 5.41) is 19.9. The normalized spacial score (nSPS) is 11.3. The number of unbranched alkanes of at least 4 members (excludes halogenated alkanes) is 12.